The SMILES string of the molecule is O=c1oc2ccccc2cc1S(=O)(=O)c1ccc(Cl)c(Cl)c1. The van der Waals surface area contributed by atoms with Crippen molar-refractivity contribution in [3.63, 3.8) is 0 Å². The molecule has 1 heterocycles. The van der Waals surface area contributed by atoms with Crippen LogP contribution in [0.25, 0.3) is 11.0 Å². The number of sulfone groups is 1. The highest BCUT2D eigenvalue weighted by Gasteiger charge is 2.24. The summed E-state index contributed by atoms with van der Waals surface area (Å²) in [6, 6.07) is 11.8. The van der Waals surface area contributed by atoms with Gasteiger partial charge in [0.1, 0.15) is 5.58 Å². The van der Waals surface area contributed by atoms with E-state index in [1.54, 1.807) is 24.3 Å². The molecule has 22 heavy (non-hydrogen) atoms. The summed E-state index contributed by atoms with van der Waals surface area (Å²) in [6.45, 7) is 0. The minimum Gasteiger partial charge on any atom is -0.422 e. The van der Waals surface area contributed by atoms with Crippen LogP contribution in [0.1, 0.15) is 0 Å². The Morgan fingerprint density at radius 2 is 1.64 bits per heavy atom. The van der Waals surface area contributed by atoms with Crippen molar-refractivity contribution in [3.05, 3.63) is 69.0 Å². The highest BCUT2D eigenvalue weighted by Crippen LogP contribution is 2.28. The first-order valence-electron chi connectivity index (χ1n) is 6.12. The second-order valence-electron chi connectivity index (χ2n) is 4.52. The topological polar surface area (TPSA) is 64.3 Å². The van der Waals surface area contributed by atoms with Gasteiger partial charge in [-0.2, -0.15) is 0 Å². The minimum absolute atomic E-state index is 0.0907. The molecule has 0 spiro atoms. The molecule has 2 aromatic carbocycles. The minimum atomic E-state index is -4.05. The van der Waals surface area contributed by atoms with E-state index in [1.807, 2.05) is 0 Å². The maximum atomic E-state index is 12.6. The second kappa shape index (κ2) is 5.43. The Labute approximate surface area is 135 Å². The van der Waals surface area contributed by atoms with Crippen molar-refractivity contribution in [3.8, 4) is 0 Å². The van der Waals surface area contributed by atoms with Crippen LogP contribution in [-0.4, -0.2) is 8.42 Å². The van der Waals surface area contributed by atoms with Gasteiger partial charge in [0.2, 0.25) is 9.84 Å². The summed E-state index contributed by atoms with van der Waals surface area (Å²) in [7, 11) is -4.05. The third kappa shape index (κ3) is 2.52. The zero-order valence-corrected chi connectivity index (χ0v) is 13.2. The molecular formula is C15H8Cl2O4S. The average molecular weight is 355 g/mol. The van der Waals surface area contributed by atoms with Crippen LogP contribution in [0.4, 0.5) is 0 Å². The van der Waals surface area contributed by atoms with E-state index in [4.69, 9.17) is 27.6 Å². The first-order valence-corrected chi connectivity index (χ1v) is 8.36. The van der Waals surface area contributed by atoms with Gasteiger partial charge in [-0.1, -0.05) is 41.4 Å². The first kappa shape index (κ1) is 15.1. The van der Waals surface area contributed by atoms with Gasteiger partial charge in [0.05, 0.1) is 14.9 Å². The molecule has 0 aliphatic rings. The van der Waals surface area contributed by atoms with Crippen molar-refractivity contribution in [1.82, 2.24) is 0 Å². The van der Waals surface area contributed by atoms with Gasteiger partial charge in [-0.3, -0.25) is 0 Å². The van der Waals surface area contributed by atoms with Crippen LogP contribution < -0.4 is 5.63 Å². The van der Waals surface area contributed by atoms with E-state index in [1.165, 1.54) is 24.3 Å². The molecule has 1 aromatic heterocycles. The lowest BCUT2D eigenvalue weighted by Gasteiger charge is -2.06. The Kier molecular flexibility index (Phi) is 3.72. The van der Waals surface area contributed by atoms with Crippen molar-refractivity contribution in [2.24, 2.45) is 0 Å². The summed E-state index contributed by atoms with van der Waals surface area (Å²) in [6.07, 6.45) is 0. The normalized spacial score (nSPS) is 11.7. The molecule has 0 saturated heterocycles. The van der Waals surface area contributed by atoms with E-state index >= 15 is 0 Å². The smallest absolute Gasteiger partial charge is 0.355 e. The van der Waals surface area contributed by atoms with Gasteiger partial charge >= 0.3 is 5.63 Å². The molecule has 4 nitrogen and oxygen atoms in total. The van der Waals surface area contributed by atoms with Crippen LogP contribution in [-0.2, 0) is 9.84 Å². The van der Waals surface area contributed by atoms with Crippen LogP contribution in [0.5, 0.6) is 0 Å². The summed E-state index contributed by atoms with van der Waals surface area (Å²) in [5, 5.41) is 0.833. The standard InChI is InChI=1S/C15H8Cl2O4S/c16-11-6-5-10(8-12(11)17)22(19,20)14-7-9-3-1-2-4-13(9)21-15(14)18/h1-8H. The van der Waals surface area contributed by atoms with Crippen molar-refractivity contribution in [1.29, 1.82) is 0 Å². The molecule has 3 aromatic rings. The highest BCUT2D eigenvalue weighted by molar-refractivity contribution is 7.91. The van der Waals surface area contributed by atoms with Crippen LogP contribution in [0.15, 0.2) is 67.5 Å². The van der Waals surface area contributed by atoms with Gasteiger partial charge in [0, 0.05) is 5.39 Å². The van der Waals surface area contributed by atoms with Crippen LogP contribution >= 0.6 is 23.2 Å². The van der Waals surface area contributed by atoms with E-state index in [9.17, 15) is 13.2 Å². The number of benzene rings is 2. The number of hydrogen-bond donors (Lipinski definition) is 0. The summed E-state index contributed by atoms with van der Waals surface area (Å²) < 4.78 is 30.3. The maximum Gasteiger partial charge on any atom is 0.355 e. The van der Waals surface area contributed by atoms with Gasteiger partial charge in [-0.05, 0) is 30.3 Å². The number of hydrogen-bond acceptors (Lipinski definition) is 4. The summed E-state index contributed by atoms with van der Waals surface area (Å²) in [5.74, 6) is 0. The third-order valence-electron chi connectivity index (χ3n) is 3.10. The van der Waals surface area contributed by atoms with E-state index in [0.717, 1.165) is 0 Å². The van der Waals surface area contributed by atoms with Gasteiger partial charge in [0.15, 0.2) is 4.90 Å². The van der Waals surface area contributed by atoms with Crippen LogP contribution in [0, 0.1) is 0 Å². The van der Waals surface area contributed by atoms with E-state index < -0.39 is 20.4 Å². The van der Waals surface area contributed by atoms with E-state index in [2.05, 4.69) is 0 Å². The van der Waals surface area contributed by atoms with Crippen molar-refractivity contribution < 1.29 is 12.8 Å². The molecule has 0 radical (unpaired) electrons. The highest BCUT2D eigenvalue weighted by atomic mass is 35.5. The maximum absolute atomic E-state index is 12.6. The van der Waals surface area contributed by atoms with Crippen molar-refractivity contribution in [2.45, 2.75) is 9.79 Å². The van der Waals surface area contributed by atoms with Gasteiger partial charge in [-0.15, -0.1) is 0 Å². The molecule has 0 aliphatic carbocycles. The first-order chi connectivity index (χ1) is 10.4. The lowest BCUT2D eigenvalue weighted by atomic mass is 10.2. The number of para-hydroxylation sites is 1. The Balaban J connectivity index is 2.26. The summed E-state index contributed by atoms with van der Waals surface area (Å²) in [4.78, 5) is 11.4. The lowest BCUT2D eigenvalue weighted by molar-refractivity contribution is 0.532. The van der Waals surface area contributed by atoms with Gasteiger partial charge in [0.25, 0.3) is 0 Å². The molecule has 112 valence electrons. The van der Waals surface area contributed by atoms with Crippen molar-refractivity contribution >= 4 is 44.0 Å². The monoisotopic (exact) mass is 354 g/mol. The second-order valence-corrected chi connectivity index (χ2v) is 7.25. The predicted octanol–water partition coefficient (Wildman–Crippen LogP) is 3.93. The molecular weight excluding hydrogens is 347 g/mol. The van der Waals surface area contributed by atoms with Crippen molar-refractivity contribution in [2.75, 3.05) is 0 Å². The fraction of sp³-hybridized carbons (Fsp3) is 0. The molecule has 7 heteroatoms. The fourth-order valence-electron chi connectivity index (χ4n) is 2.00. The molecule has 0 unspecified atom stereocenters. The molecule has 0 amide bonds. The zero-order chi connectivity index (χ0) is 15.9. The largest absolute Gasteiger partial charge is 0.422 e. The molecule has 0 aliphatic heterocycles. The average Bonchev–Trinajstić information content (AvgIpc) is 2.49. The number of fused-ring (bicyclic) bond motifs is 1. The molecule has 0 fully saturated rings. The Bertz CT molecular complexity index is 1040. The lowest BCUT2D eigenvalue weighted by Crippen LogP contribution is -2.14. The van der Waals surface area contributed by atoms with Crippen LogP contribution in [0.2, 0.25) is 10.0 Å². The number of halogens is 2. The van der Waals surface area contributed by atoms with E-state index in [-0.39, 0.29) is 14.9 Å². The molecule has 0 atom stereocenters. The molecule has 0 bridgehead atoms. The predicted molar refractivity (Wildman–Crippen MR) is 84.4 cm³/mol. The molecule has 3 rings (SSSR count). The van der Waals surface area contributed by atoms with Gasteiger partial charge < -0.3 is 4.42 Å². The fourth-order valence-corrected chi connectivity index (χ4v) is 3.68. The zero-order valence-electron chi connectivity index (χ0n) is 10.9. The van der Waals surface area contributed by atoms with Crippen LogP contribution in [0.3, 0.4) is 0 Å². The Morgan fingerprint density at radius 1 is 0.909 bits per heavy atom. The summed E-state index contributed by atoms with van der Waals surface area (Å²) in [5.41, 5.74) is -0.606. The molecule has 0 N–H and O–H groups in total. The van der Waals surface area contributed by atoms with E-state index in [0.29, 0.717) is 11.0 Å². The van der Waals surface area contributed by atoms with Gasteiger partial charge in [-0.25, -0.2) is 13.2 Å². The quantitative estimate of drug-likeness (QED) is 0.654. The third-order valence-corrected chi connectivity index (χ3v) is 5.58. The Morgan fingerprint density at radius 3 is 2.36 bits per heavy atom. The molecule has 0 saturated carbocycles. The summed E-state index contributed by atoms with van der Waals surface area (Å²) >= 11 is 11.6. The number of rotatable bonds is 2. The Hall–Kier alpha value is -1.82.